The van der Waals surface area contributed by atoms with Crippen molar-refractivity contribution in [1.29, 1.82) is 0 Å². The Bertz CT molecular complexity index is 1470. The molecule has 0 aliphatic carbocycles. The highest BCUT2D eigenvalue weighted by atomic mass is 16.5. The SMILES string of the molecule is CCOC(=O)c1ccc(NC(=O)Cn2nc3ccc(C(=O)Nc4cccc(C)c4)cn3c2=O)cc1. The largest absolute Gasteiger partial charge is 0.462 e. The number of carbonyl (C=O) groups excluding carboxylic acids is 3. The molecule has 0 bridgehead atoms. The summed E-state index contributed by atoms with van der Waals surface area (Å²) in [6.07, 6.45) is 1.39. The van der Waals surface area contributed by atoms with Crippen molar-refractivity contribution in [2.45, 2.75) is 20.4 Å². The minimum Gasteiger partial charge on any atom is -0.462 e. The number of anilines is 2. The number of aromatic nitrogens is 3. The average Bonchev–Trinajstić information content (AvgIpc) is 3.14. The van der Waals surface area contributed by atoms with E-state index in [-0.39, 0.29) is 24.6 Å². The summed E-state index contributed by atoms with van der Waals surface area (Å²) in [5.41, 5.74) is 2.48. The van der Waals surface area contributed by atoms with Gasteiger partial charge < -0.3 is 15.4 Å². The van der Waals surface area contributed by atoms with Crippen molar-refractivity contribution in [2.24, 2.45) is 0 Å². The second kappa shape index (κ2) is 10.0. The molecule has 0 radical (unpaired) electrons. The second-order valence-electron chi connectivity index (χ2n) is 7.76. The zero-order valence-corrected chi connectivity index (χ0v) is 19.1. The molecule has 0 fully saturated rings. The predicted molar refractivity (Wildman–Crippen MR) is 130 cm³/mol. The number of hydrogen-bond donors (Lipinski definition) is 2. The molecule has 0 saturated carbocycles. The van der Waals surface area contributed by atoms with Crippen molar-refractivity contribution in [3.8, 4) is 0 Å². The lowest BCUT2D eigenvalue weighted by molar-refractivity contribution is -0.117. The fraction of sp³-hybridized carbons (Fsp3) is 0.160. The topological polar surface area (TPSA) is 124 Å². The maximum Gasteiger partial charge on any atom is 0.350 e. The number of pyridine rings is 1. The summed E-state index contributed by atoms with van der Waals surface area (Å²) in [6, 6.07) is 16.7. The molecular formula is C25H23N5O5. The number of benzene rings is 2. The number of aryl methyl sites for hydroxylation is 1. The molecule has 0 atom stereocenters. The van der Waals surface area contributed by atoms with Crippen molar-refractivity contribution in [3.63, 3.8) is 0 Å². The maximum atomic E-state index is 12.8. The molecule has 2 N–H and O–H groups in total. The smallest absolute Gasteiger partial charge is 0.350 e. The molecule has 10 nitrogen and oxygen atoms in total. The number of fused-ring (bicyclic) bond motifs is 1. The molecule has 2 amide bonds. The Hall–Kier alpha value is -4.73. The third-order valence-electron chi connectivity index (χ3n) is 5.09. The normalized spacial score (nSPS) is 10.7. The number of ether oxygens (including phenoxy) is 1. The molecule has 0 saturated heterocycles. The lowest BCUT2D eigenvalue weighted by Gasteiger charge is -2.06. The summed E-state index contributed by atoms with van der Waals surface area (Å²) in [7, 11) is 0. The lowest BCUT2D eigenvalue weighted by Crippen LogP contribution is -2.28. The van der Waals surface area contributed by atoms with E-state index >= 15 is 0 Å². The van der Waals surface area contributed by atoms with Crippen LogP contribution in [0.15, 0.2) is 71.7 Å². The highest BCUT2D eigenvalue weighted by molar-refractivity contribution is 6.04. The zero-order valence-electron chi connectivity index (χ0n) is 19.1. The standard InChI is InChI=1S/C25H23N5O5/c1-3-35-24(33)17-7-10-19(11-8-17)26-22(31)15-30-25(34)29-14-18(9-12-21(29)28-30)23(32)27-20-6-4-5-16(2)13-20/h4-14H,3,15H2,1-2H3,(H,26,31)(H,27,32). The van der Waals surface area contributed by atoms with Crippen molar-refractivity contribution in [2.75, 3.05) is 17.2 Å². The van der Waals surface area contributed by atoms with Crippen LogP contribution in [-0.4, -0.2) is 38.6 Å². The van der Waals surface area contributed by atoms with Gasteiger partial charge in [-0.1, -0.05) is 12.1 Å². The van der Waals surface area contributed by atoms with Crippen LogP contribution in [0.25, 0.3) is 5.65 Å². The molecule has 2 aromatic heterocycles. The minimum atomic E-state index is -0.557. The lowest BCUT2D eigenvalue weighted by atomic mass is 10.2. The highest BCUT2D eigenvalue weighted by Gasteiger charge is 2.14. The number of esters is 1. The average molecular weight is 473 g/mol. The van der Waals surface area contributed by atoms with Gasteiger partial charge in [0.2, 0.25) is 5.91 Å². The summed E-state index contributed by atoms with van der Waals surface area (Å²) in [6.45, 7) is 3.58. The van der Waals surface area contributed by atoms with Crippen molar-refractivity contribution in [1.82, 2.24) is 14.2 Å². The van der Waals surface area contributed by atoms with Crippen LogP contribution in [0.5, 0.6) is 0 Å². The van der Waals surface area contributed by atoms with Crippen LogP contribution in [0, 0.1) is 6.92 Å². The van der Waals surface area contributed by atoms with Gasteiger partial charge in [0, 0.05) is 17.6 Å². The molecule has 0 spiro atoms. The van der Waals surface area contributed by atoms with Crippen molar-refractivity contribution >= 4 is 34.8 Å². The van der Waals surface area contributed by atoms with Gasteiger partial charge in [-0.3, -0.25) is 9.59 Å². The molecule has 35 heavy (non-hydrogen) atoms. The first-order chi connectivity index (χ1) is 16.8. The highest BCUT2D eigenvalue weighted by Crippen LogP contribution is 2.13. The number of hydrogen-bond acceptors (Lipinski definition) is 6. The molecule has 0 unspecified atom stereocenters. The summed E-state index contributed by atoms with van der Waals surface area (Å²) in [5.74, 6) is -1.30. The molecule has 2 aromatic carbocycles. The van der Waals surface area contributed by atoms with E-state index in [2.05, 4.69) is 15.7 Å². The first-order valence-electron chi connectivity index (χ1n) is 10.9. The molecule has 178 valence electrons. The summed E-state index contributed by atoms with van der Waals surface area (Å²) in [5, 5.41) is 9.61. The van der Waals surface area contributed by atoms with Crippen molar-refractivity contribution in [3.05, 3.63) is 94.0 Å². The number of rotatable bonds is 7. The Balaban J connectivity index is 1.45. The van der Waals surface area contributed by atoms with Gasteiger partial charge in [-0.15, -0.1) is 5.10 Å². The molecular weight excluding hydrogens is 450 g/mol. The van der Waals surface area contributed by atoms with E-state index in [0.29, 0.717) is 22.6 Å². The first-order valence-corrected chi connectivity index (χ1v) is 10.9. The van der Waals surface area contributed by atoms with Gasteiger partial charge in [0.05, 0.1) is 17.7 Å². The predicted octanol–water partition coefficient (Wildman–Crippen LogP) is 2.87. The summed E-state index contributed by atoms with van der Waals surface area (Å²) < 4.78 is 7.16. The summed E-state index contributed by atoms with van der Waals surface area (Å²) in [4.78, 5) is 49.6. The van der Waals surface area contributed by atoms with Gasteiger partial charge in [-0.05, 0) is 67.9 Å². The van der Waals surface area contributed by atoms with E-state index in [0.717, 1.165) is 10.2 Å². The Kier molecular flexibility index (Phi) is 6.72. The number of nitrogens with zero attached hydrogens (tertiary/aromatic N) is 3. The van der Waals surface area contributed by atoms with E-state index < -0.39 is 17.6 Å². The number of carbonyl (C=O) groups is 3. The Morgan fingerprint density at radius 3 is 2.40 bits per heavy atom. The van der Waals surface area contributed by atoms with Crippen LogP contribution in [0.3, 0.4) is 0 Å². The fourth-order valence-electron chi connectivity index (χ4n) is 3.42. The van der Waals surface area contributed by atoms with E-state index in [1.807, 2.05) is 25.1 Å². The van der Waals surface area contributed by atoms with Crippen LogP contribution in [0.4, 0.5) is 11.4 Å². The van der Waals surface area contributed by atoms with E-state index in [4.69, 9.17) is 4.74 Å². The van der Waals surface area contributed by atoms with E-state index in [1.165, 1.54) is 28.8 Å². The van der Waals surface area contributed by atoms with Crippen molar-refractivity contribution < 1.29 is 19.1 Å². The minimum absolute atomic E-state index is 0.268. The summed E-state index contributed by atoms with van der Waals surface area (Å²) >= 11 is 0. The third kappa shape index (κ3) is 5.44. The van der Waals surface area contributed by atoms with Crippen LogP contribution < -0.4 is 16.3 Å². The molecule has 0 aliphatic heterocycles. The van der Waals surface area contributed by atoms with Gasteiger partial charge in [0.25, 0.3) is 5.91 Å². The van der Waals surface area contributed by atoms with Gasteiger partial charge in [0.1, 0.15) is 6.54 Å². The van der Waals surface area contributed by atoms with Gasteiger partial charge in [-0.25, -0.2) is 18.7 Å². The van der Waals surface area contributed by atoms with Gasteiger partial charge in [-0.2, -0.15) is 0 Å². The number of amides is 2. The van der Waals surface area contributed by atoms with Gasteiger partial charge >= 0.3 is 11.7 Å². The van der Waals surface area contributed by atoms with Crippen LogP contribution in [-0.2, 0) is 16.1 Å². The molecule has 4 aromatic rings. The van der Waals surface area contributed by atoms with E-state index in [1.54, 1.807) is 31.2 Å². The van der Waals surface area contributed by atoms with Crippen LogP contribution >= 0.6 is 0 Å². The molecule has 4 rings (SSSR count). The monoisotopic (exact) mass is 473 g/mol. The van der Waals surface area contributed by atoms with Gasteiger partial charge in [0.15, 0.2) is 5.65 Å². The quantitative estimate of drug-likeness (QED) is 0.398. The zero-order chi connectivity index (χ0) is 24.9. The molecule has 0 aliphatic rings. The Morgan fingerprint density at radius 2 is 1.69 bits per heavy atom. The first kappa shape index (κ1) is 23.4. The fourth-order valence-corrected chi connectivity index (χ4v) is 3.42. The number of nitrogens with one attached hydrogen (secondary N) is 2. The third-order valence-corrected chi connectivity index (χ3v) is 5.09. The van der Waals surface area contributed by atoms with Crippen LogP contribution in [0.1, 0.15) is 33.2 Å². The second-order valence-corrected chi connectivity index (χ2v) is 7.76. The Labute approximate surface area is 200 Å². The Morgan fingerprint density at radius 1 is 0.943 bits per heavy atom. The van der Waals surface area contributed by atoms with Crippen LogP contribution in [0.2, 0.25) is 0 Å². The molecule has 10 heteroatoms. The van der Waals surface area contributed by atoms with E-state index in [9.17, 15) is 19.2 Å². The maximum absolute atomic E-state index is 12.8. The molecule has 2 heterocycles.